The summed E-state index contributed by atoms with van der Waals surface area (Å²) in [5.41, 5.74) is -1.37. The number of hydrogen-bond acceptors (Lipinski definition) is 5. The zero-order valence-electron chi connectivity index (χ0n) is 19.7. The number of aromatic nitrogens is 2. The van der Waals surface area contributed by atoms with Gasteiger partial charge in [0.15, 0.2) is 5.69 Å². The molecule has 1 aliphatic carbocycles. The SMILES string of the molecule is CCOC(=O)c1cc2n(n1)C[C@@](C)(C(=O)NC1CCCCCCC1)N(c1ccccc1F)C2=O. The van der Waals surface area contributed by atoms with E-state index in [0.29, 0.717) is 0 Å². The molecule has 1 aromatic heterocycles. The molecule has 0 spiro atoms. The van der Waals surface area contributed by atoms with Crippen LogP contribution in [0.3, 0.4) is 0 Å². The van der Waals surface area contributed by atoms with Gasteiger partial charge in [0.1, 0.15) is 17.1 Å². The van der Waals surface area contributed by atoms with Gasteiger partial charge in [0.2, 0.25) is 5.91 Å². The first kappa shape index (κ1) is 23.9. The monoisotopic (exact) mass is 470 g/mol. The van der Waals surface area contributed by atoms with Crippen LogP contribution in [0.15, 0.2) is 30.3 Å². The van der Waals surface area contributed by atoms with Crippen molar-refractivity contribution in [3.05, 3.63) is 47.5 Å². The van der Waals surface area contributed by atoms with Gasteiger partial charge in [-0.05, 0) is 38.8 Å². The van der Waals surface area contributed by atoms with Crippen LogP contribution in [-0.2, 0) is 16.1 Å². The molecule has 9 heteroatoms. The standard InChI is InChI=1S/C25H31FN4O4/c1-3-34-23(32)19-15-21-22(31)30(20-14-10-9-13-18(20)26)25(2,16-29(21)28-19)24(33)27-17-11-7-5-4-6-8-12-17/h9-10,13-15,17H,3-8,11-12,16H2,1-2H3,(H,27,33)/t25-/m0/s1. The zero-order chi connectivity index (χ0) is 24.3. The molecular weight excluding hydrogens is 439 g/mol. The predicted molar refractivity (Wildman–Crippen MR) is 124 cm³/mol. The predicted octanol–water partition coefficient (Wildman–Crippen LogP) is 3.85. The van der Waals surface area contributed by atoms with Gasteiger partial charge in [-0.3, -0.25) is 19.2 Å². The second kappa shape index (κ2) is 9.95. The summed E-state index contributed by atoms with van der Waals surface area (Å²) in [6.45, 7) is 3.43. The van der Waals surface area contributed by atoms with Gasteiger partial charge in [0.25, 0.3) is 5.91 Å². The first-order valence-corrected chi connectivity index (χ1v) is 12.0. The number of carbonyl (C=O) groups excluding carboxylic acids is 3. The minimum atomic E-state index is -1.45. The molecule has 2 amide bonds. The smallest absolute Gasteiger partial charge is 0.358 e. The summed E-state index contributed by atoms with van der Waals surface area (Å²) in [5, 5.41) is 7.37. The third kappa shape index (κ3) is 4.56. The molecule has 0 bridgehead atoms. The van der Waals surface area contributed by atoms with Crippen LogP contribution in [0, 0.1) is 5.82 Å². The molecule has 1 aromatic carbocycles. The van der Waals surface area contributed by atoms with Crippen molar-refractivity contribution in [2.75, 3.05) is 11.5 Å². The normalized spacial score (nSPS) is 21.4. The number of halogens is 1. The lowest BCUT2D eigenvalue weighted by atomic mass is 9.91. The van der Waals surface area contributed by atoms with Gasteiger partial charge in [0, 0.05) is 12.1 Å². The second-order valence-electron chi connectivity index (χ2n) is 9.17. The van der Waals surface area contributed by atoms with Crippen molar-refractivity contribution < 1.29 is 23.5 Å². The van der Waals surface area contributed by atoms with Crippen molar-refractivity contribution in [1.29, 1.82) is 0 Å². The van der Waals surface area contributed by atoms with Gasteiger partial charge in [0.05, 0.1) is 18.8 Å². The number of fused-ring (bicyclic) bond motifs is 1. The van der Waals surface area contributed by atoms with Crippen molar-refractivity contribution in [1.82, 2.24) is 15.1 Å². The van der Waals surface area contributed by atoms with Crippen LogP contribution in [0.1, 0.15) is 79.8 Å². The molecule has 0 saturated heterocycles. The molecule has 1 fully saturated rings. The number of hydrogen-bond donors (Lipinski definition) is 1. The molecule has 0 unspecified atom stereocenters. The minimum absolute atomic E-state index is 0.00342. The molecule has 1 aliphatic heterocycles. The topological polar surface area (TPSA) is 93.5 Å². The van der Waals surface area contributed by atoms with E-state index in [2.05, 4.69) is 10.4 Å². The Morgan fingerprint density at radius 3 is 2.53 bits per heavy atom. The van der Waals surface area contributed by atoms with E-state index in [4.69, 9.17) is 4.74 Å². The molecule has 1 N–H and O–H groups in total. The maximum absolute atomic E-state index is 14.9. The van der Waals surface area contributed by atoms with Crippen LogP contribution in [0.4, 0.5) is 10.1 Å². The van der Waals surface area contributed by atoms with Crippen LogP contribution in [-0.4, -0.2) is 45.8 Å². The third-order valence-corrected chi connectivity index (χ3v) is 6.66. The Hall–Kier alpha value is -3.23. The Balaban J connectivity index is 1.72. The van der Waals surface area contributed by atoms with Crippen molar-refractivity contribution in [2.24, 2.45) is 0 Å². The Morgan fingerprint density at radius 1 is 1.18 bits per heavy atom. The Morgan fingerprint density at radius 2 is 1.85 bits per heavy atom. The Labute approximate surface area is 198 Å². The minimum Gasteiger partial charge on any atom is -0.461 e. The van der Waals surface area contributed by atoms with Crippen LogP contribution >= 0.6 is 0 Å². The fourth-order valence-corrected chi connectivity index (χ4v) is 4.84. The maximum atomic E-state index is 14.9. The molecule has 34 heavy (non-hydrogen) atoms. The summed E-state index contributed by atoms with van der Waals surface area (Å²) in [7, 11) is 0. The highest BCUT2D eigenvalue weighted by molar-refractivity contribution is 6.12. The largest absolute Gasteiger partial charge is 0.461 e. The number of anilines is 1. The average molecular weight is 471 g/mol. The molecule has 2 heterocycles. The fraction of sp³-hybridized carbons (Fsp3) is 0.520. The lowest BCUT2D eigenvalue weighted by Gasteiger charge is -2.43. The highest BCUT2D eigenvalue weighted by atomic mass is 19.1. The lowest BCUT2D eigenvalue weighted by molar-refractivity contribution is -0.127. The summed E-state index contributed by atoms with van der Waals surface area (Å²) in [6.07, 6.45) is 7.28. The van der Waals surface area contributed by atoms with E-state index in [1.54, 1.807) is 19.9 Å². The second-order valence-corrected chi connectivity index (χ2v) is 9.17. The molecule has 182 valence electrons. The molecule has 1 saturated carbocycles. The van der Waals surface area contributed by atoms with Gasteiger partial charge in [-0.15, -0.1) is 0 Å². The Bertz CT molecular complexity index is 1080. The van der Waals surface area contributed by atoms with Crippen molar-refractivity contribution in [3.8, 4) is 0 Å². The number of benzene rings is 1. The van der Waals surface area contributed by atoms with Crippen LogP contribution in [0.5, 0.6) is 0 Å². The number of nitrogens with zero attached hydrogens (tertiary/aromatic N) is 3. The van der Waals surface area contributed by atoms with Gasteiger partial charge in [-0.2, -0.15) is 5.10 Å². The van der Waals surface area contributed by atoms with Crippen LogP contribution < -0.4 is 10.2 Å². The zero-order valence-corrected chi connectivity index (χ0v) is 19.7. The Kier molecular flexibility index (Phi) is 7.00. The van der Waals surface area contributed by atoms with E-state index >= 15 is 0 Å². The number of nitrogens with one attached hydrogen (secondary N) is 1. The highest BCUT2D eigenvalue weighted by Crippen LogP contribution is 2.34. The first-order chi connectivity index (χ1) is 16.3. The molecule has 2 aromatic rings. The first-order valence-electron chi connectivity index (χ1n) is 12.0. The summed E-state index contributed by atoms with van der Waals surface area (Å²) in [5.74, 6) is -2.24. The number of amides is 2. The molecule has 4 rings (SSSR count). The molecule has 0 radical (unpaired) electrons. The summed E-state index contributed by atoms with van der Waals surface area (Å²) in [4.78, 5) is 40.8. The van der Waals surface area contributed by atoms with Crippen LogP contribution in [0.25, 0.3) is 0 Å². The molecular formula is C25H31FN4O4. The van der Waals surface area contributed by atoms with Gasteiger partial charge >= 0.3 is 5.97 Å². The fourth-order valence-electron chi connectivity index (χ4n) is 4.84. The summed E-state index contributed by atoms with van der Waals surface area (Å²) >= 11 is 0. The summed E-state index contributed by atoms with van der Waals surface area (Å²) < 4.78 is 21.3. The number of esters is 1. The quantitative estimate of drug-likeness (QED) is 0.670. The van der Waals surface area contributed by atoms with E-state index < -0.39 is 23.2 Å². The third-order valence-electron chi connectivity index (χ3n) is 6.66. The number of rotatable bonds is 5. The molecule has 2 aliphatic rings. The van der Waals surface area contributed by atoms with Gasteiger partial charge in [-0.25, -0.2) is 9.18 Å². The maximum Gasteiger partial charge on any atom is 0.358 e. The van der Waals surface area contributed by atoms with E-state index in [0.717, 1.165) is 38.5 Å². The number of ether oxygens (including phenoxy) is 1. The molecule has 8 nitrogen and oxygen atoms in total. The number of carbonyl (C=O) groups is 3. The van der Waals surface area contributed by atoms with Crippen molar-refractivity contribution in [2.45, 2.75) is 76.9 Å². The van der Waals surface area contributed by atoms with Gasteiger partial charge in [-0.1, -0.05) is 44.2 Å². The van der Waals surface area contributed by atoms with Crippen LogP contribution in [0.2, 0.25) is 0 Å². The van der Waals surface area contributed by atoms with Crippen molar-refractivity contribution >= 4 is 23.5 Å². The molecule has 1 atom stereocenters. The van der Waals surface area contributed by atoms with E-state index in [1.807, 2.05) is 0 Å². The average Bonchev–Trinajstić information content (AvgIpc) is 3.21. The van der Waals surface area contributed by atoms with E-state index in [9.17, 15) is 18.8 Å². The lowest BCUT2D eigenvalue weighted by Crippen LogP contribution is -2.65. The van der Waals surface area contributed by atoms with E-state index in [1.165, 1.54) is 40.3 Å². The van der Waals surface area contributed by atoms with Crippen molar-refractivity contribution in [3.63, 3.8) is 0 Å². The highest BCUT2D eigenvalue weighted by Gasteiger charge is 2.50. The van der Waals surface area contributed by atoms with E-state index in [-0.39, 0.29) is 42.2 Å². The van der Waals surface area contributed by atoms with Gasteiger partial charge < -0.3 is 10.1 Å². The number of para-hydroxylation sites is 1. The summed E-state index contributed by atoms with van der Waals surface area (Å²) in [6, 6.07) is 7.21.